The quantitative estimate of drug-likeness (QED) is 0.564. The van der Waals surface area contributed by atoms with Gasteiger partial charge in [0.1, 0.15) is 0 Å². The lowest BCUT2D eigenvalue weighted by atomic mass is 9.82. The average molecular weight is 129 g/mol. The summed E-state index contributed by atoms with van der Waals surface area (Å²) in [6, 6.07) is 0. The molecule has 0 aliphatic carbocycles. The van der Waals surface area contributed by atoms with Crippen LogP contribution in [0.2, 0.25) is 0 Å². The molecule has 1 unspecified atom stereocenters. The van der Waals surface area contributed by atoms with Gasteiger partial charge in [-0.1, -0.05) is 20.3 Å². The summed E-state index contributed by atoms with van der Waals surface area (Å²) < 4.78 is 0. The molecule has 2 N–H and O–H groups in total. The Bertz CT molecular complexity index is 99.1. The summed E-state index contributed by atoms with van der Waals surface area (Å²) in [7, 11) is 0. The number of rotatable bonds is 2. The second-order valence-electron chi connectivity index (χ2n) is 3.02. The summed E-state index contributed by atoms with van der Waals surface area (Å²) in [5.41, 5.74) is -0.380. The first-order valence-corrected chi connectivity index (χ1v) is 3.62. The van der Waals surface area contributed by atoms with Crippen LogP contribution in [0, 0.1) is 5.92 Å². The molecule has 9 heavy (non-hydrogen) atoms. The van der Waals surface area contributed by atoms with Crippen LogP contribution in [0.25, 0.3) is 0 Å². The molecular formula is C7H15NO. The van der Waals surface area contributed by atoms with Crippen molar-refractivity contribution in [3.63, 3.8) is 0 Å². The van der Waals surface area contributed by atoms with E-state index in [0.717, 1.165) is 19.5 Å². The number of aliphatic hydroxyl groups is 1. The summed E-state index contributed by atoms with van der Waals surface area (Å²) in [6.45, 7) is 5.77. The Morgan fingerprint density at radius 2 is 2.22 bits per heavy atom. The molecule has 0 spiro atoms. The molecule has 2 heteroatoms. The van der Waals surface area contributed by atoms with Crippen LogP contribution in [0.1, 0.15) is 20.3 Å². The second kappa shape index (κ2) is 2.27. The van der Waals surface area contributed by atoms with Crippen molar-refractivity contribution in [3.8, 4) is 0 Å². The van der Waals surface area contributed by atoms with Gasteiger partial charge in [-0.25, -0.2) is 0 Å². The number of hydrogen-bond acceptors (Lipinski definition) is 2. The van der Waals surface area contributed by atoms with Crippen molar-refractivity contribution in [2.24, 2.45) is 5.92 Å². The molecule has 2 nitrogen and oxygen atoms in total. The highest BCUT2D eigenvalue weighted by Gasteiger charge is 2.38. The number of hydrogen-bond donors (Lipinski definition) is 2. The minimum Gasteiger partial charge on any atom is -0.387 e. The highest BCUT2D eigenvalue weighted by molar-refractivity contribution is 4.95. The fourth-order valence-electron chi connectivity index (χ4n) is 1.11. The summed E-state index contributed by atoms with van der Waals surface area (Å²) in [6.07, 6.45) is 1.07. The Morgan fingerprint density at radius 3 is 2.33 bits per heavy atom. The first-order valence-electron chi connectivity index (χ1n) is 3.62. The molecule has 1 aliphatic heterocycles. The number of nitrogens with one attached hydrogen (secondary N) is 1. The van der Waals surface area contributed by atoms with Gasteiger partial charge in [-0.2, -0.15) is 0 Å². The molecule has 1 rings (SSSR count). The summed E-state index contributed by atoms with van der Waals surface area (Å²) >= 11 is 0. The van der Waals surface area contributed by atoms with E-state index in [2.05, 4.69) is 19.2 Å². The first-order chi connectivity index (χ1) is 4.19. The van der Waals surface area contributed by atoms with E-state index < -0.39 is 0 Å². The Labute approximate surface area is 56.3 Å². The van der Waals surface area contributed by atoms with Crippen molar-refractivity contribution in [2.75, 3.05) is 13.1 Å². The molecule has 0 aromatic rings. The van der Waals surface area contributed by atoms with Crippen LogP contribution in [0.4, 0.5) is 0 Å². The van der Waals surface area contributed by atoms with E-state index in [1.807, 2.05) is 0 Å². The van der Waals surface area contributed by atoms with E-state index in [9.17, 15) is 5.11 Å². The van der Waals surface area contributed by atoms with Crippen LogP contribution in [-0.4, -0.2) is 23.8 Å². The first kappa shape index (κ1) is 7.03. The van der Waals surface area contributed by atoms with Crippen molar-refractivity contribution in [1.82, 2.24) is 5.32 Å². The molecular weight excluding hydrogens is 114 g/mol. The zero-order valence-corrected chi connectivity index (χ0v) is 6.15. The standard InChI is InChI=1S/C7H15NO/c1-3-6(2)7(9)4-8-5-7/h6,8-9H,3-5H2,1-2H3. The minimum absolute atomic E-state index is 0.380. The Hall–Kier alpha value is -0.0800. The van der Waals surface area contributed by atoms with E-state index in [4.69, 9.17) is 0 Å². The van der Waals surface area contributed by atoms with Gasteiger partial charge in [0.05, 0.1) is 5.60 Å². The van der Waals surface area contributed by atoms with Gasteiger partial charge in [0, 0.05) is 13.1 Å². The van der Waals surface area contributed by atoms with E-state index in [1.165, 1.54) is 0 Å². The van der Waals surface area contributed by atoms with Gasteiger partial charge >= 0.3 is 0 Å². The fraction of sp³-hybridized carbons (Fsp3) is 1.00. The molecule has 0 aromatic carbocycles. The van der Waals surface area contributed by atoms with Gasteiger partial charge in [-0.15, -0.1) is 0 Å². The summed E-state index contributed by atoms with van der Waals surface area (Å²) in [5, 5.41) is 12.7. The molecule has 1 fully saturated rings. The maximum absolute atomic E-state index is 9.62. The van der Waals surface area contributed by atoms with Crippen LogP contribution in [0.15, 0.2) is 0 Å². The van der Waals surface area contributed by atoms with Gasteiger partial charge in [-0.3, -0.25) is 0 Å². The van der Waals surface area contributed by atoms with E-state index in [-0.39, 0.29) is 5.60 Å². The number of β-amino-alcohol motifs (C(OH)–C–C–N with tert-alkyl or cyclic N) is 1. The van der Waals surface area contributed by atoms with E-state index >= 15 is 0 Å². The predicted octanol–water partition coefficient (Wildman–Crippen LogP) is 0.367. The topological polar surface area (TPSA) is 32.3 Å². The van der Waals surface area contributed by atoms with Crippen LogP contribution in [0.3, 0.4) is 0 Å². The molecule has 1 saturated heterocycles. The zero-order valence-electron chi connectivity index (χ0n) is 6.15. The second-order valence-corrected chi connectivity index (χ2v) is 3.02. The predicted molar refractivity (Wildman–Crippen MR) is 37.3 cm³/mol. The molecule has 1 heterocycles. The van der Waals surface area contributed by atoms with Crippen molar-refractivity contribution in [2.45, 2.75) is 25.9 Å². The fourth-order valence-corrected chi connectivity index (χ4v) is 1.11. The van der Waals surface area contributed by atoms with Gasteiger partial charge in [0.2, 0.25) is 0 Å². The van der Waals surface area contributed by atoms with Crippen LogP contribution in [0.5, 0.6) is 0 Å². The summed E-state index contributed by atoms with van der Waals surface area (Å²) in [5.74, 6) is 0.443. The van der Waals surface area contributed by atoms with E-state index in [1.54, 1.807) is 0 Å². The van der Waals surface area contributed by atoms with Crippen molar-refractivity contribution < 1.29 is 5.11 Å². The molecule has 54 valence electrons. The van der Waals surface area contributed by atoms with Gasteiger partial charge in [0.15, 0.2) is 0 Å². The van der Waals surface area contributed by atoms with E-state index in [0.29, 0.717) is 5.92 Å². The lowest BCUT2D eigenvalue weighted by molar-refractivity contribution is -0.0566. The third-order valence-electron chi connectivity index (χ3n) is 2.39. The van der Waals surface area contributed by atoms with Crippen molar-refractivity contribution in [3.05, 3.63) is 0 Å². The van der Waals surface area contributed by atoms with Gasteiger partial charge in [0.25, 0.3) is 0 Å². The molecule has 0 bridgehead atoms. The third kappa shape index (κ3) is 1.10. The highest BCUT2D eigenvalue weighted by atomic mass is 16.3. The molecule has 0 radical (unpaired) electrons. The van der Waals surface area contributed by atoms with Crippen molar-refractivity contribution >= 4 is 0 Å². The summed E-state index contributed by atoms with van der Waals surface area (Å²) in [4.78, 5) is 0. The lowest BCUT2D eigenvalue weighted by Gasteiger charge is -2.42. The Kier molecular flexibility index (Phi) is 1.78. The van der Waals surface area contributed by atoms with Crippen LogP contribution < -0.4 is 5.32 Å². The maximum Gasteiger partial charge on any atom is 0.0920 e. The van der Waals surface area contributed by atoms with Crippen LogP contribution >= 0.6 is 0 Å². The molecule has 1 atom stereocenters. The normalized spacial score (nSPS) is 27.0. The smallest absolute Gasteiger partial charge is 0.0920 e. The molecule has 1 aliphatic rings. The van der Waals surface area contributed by atoms with Gasteiger partial charge in [-0.05, 0) is 5.92 Å². The zero-order chi connectivity index (χ0) is 6.91. The molecule has 0 amide bonds. The minimum atomic E-state index is -0.380. The maximum atomic E-state index is 9.62. The highest BCUT2D eigenvalue weighted by Crippen LogP contribution is 2.23. The Morgan fingerprint density at radius 1 is 1.67 bits per heavy atom. The molecule has 0 aromatic heterocycles. The largest absolute Gasteiger partial charge is 0.387 e. The van der Waals surface area contributed by atoms with Crippen molar-refractivity contribution in [1.29, 1.82) is 0 Å². The average Bonchev–Trinajstić information content (AvgIpc) is 1.81. The molecule has 0 saturated carbocycles. The van der Waals surface area contributed by atoms with Gasteiger partial charge < -0.3 is 10.4 Å². The third-order valence-corrected chi connectivity index (χ3v) is 2.39. The lowest BCUT2D eigenvalue weighted by Crippen LogP contribution is -2.62. The monoisotopic (exact) mass is 129 g/mol. The SMILES string of the molecule is CCC(C)C1(O)CNC1. The van der Waals surface area contributed by atoms with Crippen LogP contribution in [-0.2, 0) is 0 Å². The Balaban J connectivity index is 2.38.